The van der Waals surface area contributed by atoms with Crippen LogP contribution in [0.1, 0.15) is 46.2 Å². The van der Waals surface area contributed by atoms with Gasteiger partial charge in [0, 0.05) is 24.8 Å². The summed E-state index contributed by atoms with van der Waals surface area (Å²) in [5.74, 6) is -0.177. The molecule has 0 radical (unpaired) electrons. The van der Waals surface area contributed by atoms with Crippen LogP contribution in [0.15, 0.2) is 6.07 Å². The minimum atomic E-state index is -0.553. The Morgan fingerprint density at radius 2 is 2.19 bits per heavy atom. The maximum absolute atomic E-state index is 13.7. The zero-order chi connectivity index (χ0) is 19.3. The number of nitrogens with one attached hydrogen (secondary N) is 1. The first-order valence-corrected chi connectivity index (χ1v) is 9.04. The third-order valence-electron chi connectivity index (χ3n) is 3.93. The lowest BCUT2D eigenvalue weighted by molar-refractivity contribution is 0.0116. The van der Waals surface area contributed by atoms with Crippen LogP contribution in [0.2, 0.25) is 0 Å². The summed E-state index contributed by atoms with van der Waals surface area (Å²) in [6.07, 6.45) is 1.13. The Balaban J connectivity index is 2.03. The second kappa shape index (κ2) is 8.62. The molecule has 2 atom stereocenters. The first kappa shape index (κ1) is 20.4. The fourth-order valence-electron chi connectivity index (χ4n) is 2.85. The molecule has 0 aliphatic carbocycles. The number of hydrogen-bond acceptors (Lipinski definition) is 6. The largest absolute Gasteiger partial charge is 0.444 e. The van der Waals surface area contributed by atoms with Crippen molar-refractivity contribution in [2.75, 3.05) is 24.6 Å². The lowest BCUT2D eigenvalue weighted by Gasteiger charge is -2.39. The fraction of sp³-hybridized carbons (Fsp3) is 0.722. The van der Waals surface area contributed by atoms with Crippen molar-refractivity contribution in [3.05, 3.63) is 17.7 Å². The molecule has 0 spiro atoms. The first-order chi connectivity index (χ1) is 12.2. The smallest absolute Gasteiger partial charge is 0.407 e. The molecule has 1 aromatic heterocycles. The van der Waals surface area contributed by atoms with Crippen LogP contribution in [0.25, 0.3) is 0 Å². The molecule has 2 unspecified atom stereocenters. The predicted molar refractivity (Wildman–Crippen MR) is 96.7 cm³/mol. The monoisotopic (exact) mass is 368 g/mol. The van der Waals surface area contributed by atoms with Gasteiger partial charge in [-0.2, -0.15) is 9.37 Å². The van der Waals surface area contributed by atoms with Crippen molar-refractivity contribution in [2.24, 2.45) is 0 Å². The van der Waals surface area contributed by atoms with E-state index in [9.17, 15) is 9.18 Å². The number of alkyl carbamates (subject to hydrolysis) is 1. The maximum Gasteiger partial charge on any atom is 0.407 e. The Morgan fingerprint density at radius 1 is 1.46 bits per heavy atom. The zero-order valence-corrected chi connectivity index (χ0v) is 16.2. The quantitative estimate of drug-likeness (QED) is 0.806. The van der Waals surface area contributed by atoms with Gasteiger partial charge in [-0.15, -0.1) is 0 Å². The highest BCUT2D eigenvalue weighted by molar-refractivity contribution is 5.67. The molecule has 0 aromatic carbocycles. The number of rotatable bonds is 5. The number of hydrogen-bond donors (Lipinski definition) is 1. The minimum Gasteiger partial charge on any atom is -0.444 e. The number of halogens is 1. The van der Waals surface area contributed by atoms with Gasteiger partial charge >= 0.3 is 6.09 Å². The Kier molecular flexibility index (Phi) is 6.75. The Labute approximate surface area is 154 Å². The van der Waals surface area contributed by atoms with Crippen LogP contribution in [0.4, 0.5) is 15.1 Å². The number of aromatic nitrogens is 2. The van der Waals surface area contributed by atoms with Gasteiger partial charge < -0.3 is 19.7 Å². The molecule has 1 amide bonds. The van der Waals surface area contributed by atoms with Gasteiger partial charge in [-0.3, -0.25) is 0 Å². The van der Waals surface area contributed by atoms with Crippen molar-refractivity contribution >= 4 is 12.0 Å². The molecule has 1 aliphatic rings. The number of amides is 1. The second-order valence-electron chi connectivity index (χ2n) is 7.57. The lowest BCUT2D eigenvalue weighted by Crippen LogP contribution is -2.53. The molecule has 0 bridgehead atoms. The summed E-state index contributed by atoms with van der Waals surface area (Å²) in [5.41, 5.74) is 0.0283. The Hall–Kier alpha value is -1.96. The van der Waals surface area contributed by atoms with E-state index in [0.717, 1.165) is 12.8 Å². The van der Waals surface area contributed by atoms with E-state index in [4.69, 9.17) is 9.47 Å². The normalized spacial score (nSPS) is 20.8. The number of carbonyl (C=O) groups is 1. The van der Waals surface area contributed by atoms with E-state index in [1.807, 2.05) is 25.7 Å². The Morgan fingerprint density at radius 3 is 2.81 bits per heavy atom. The standard InChI is InChI=1S/C18H29FN4O3/c1-6-7-13-11-25-14(9-20-17(24)26-18(3,4)5)10-23(13)16-21-12(2)8-15(19)22-16/h8,13-14H,6-7,9-11H2,1-5H3,(H,20,24). The lowest BCUT2D eigenvalue weighted by atomic mass is 10.1. The van der Waals surface area contributed by atoms with Crippen LogP contribution in [0.3, 0.4) is 0 Å². The number of morpholine rings is 1. The van der Waals surface area contributed by atoms with Gasteiger partial charge in [-0.25, -0.2) is 9.78 Å². The van der Waals surface area contributed by atoms with E-state index in [1.165, 1.54) is 6.07 Å². The van der Waals surface area contributed by atoms with E-state index in [0.29, 0.717) is 31.3 Å². The topological polar surface area (TPSA) is 76.6 Å². The fourth-order valence-corrected chi connectivity index (χ4v) is 2.85. The van der Waals surface area contributed by atoms with Crippen LogP contribution >= 0.6 is 0 Å². The number of nitrogens with zero attached hydrogens (tertiary/aromatic N) is 3. The summed E-state index contributed by atoms with van der Waals surface area (Å²) < 4.78 is 24.8. The molecule has 7 nitrogen and oxygen atoms in total. The van der Waals surface area contributed by atoms with Crippen LogP contribution in [-0.4, -0.2) is 53.5 Å². The summed E-state index contributed by atoms with van der Waals surface area (Å²) in [5, 5.41) is 2.72. The van der Waals surface area contributed by atoms with E-state index < -0.39 is 17.6 Å². The molecule has 0 saturated carbocycles. The number of aryl methyl sites for hydroxylation is 1. The minimum absolute atomic E-state index is 0.0824. The van der Waals surface area contributed by atoms with E-state index in [-0.39, 0.29) is 12.1 Å². The molecule has 1 saturated heterocycles. The highest BCUT2D eigenvalue weighted by Gasteiger charge is 2.31. The summed E-state index contributed by atoms with van der Waals surface area (Å²) in [6.45, 7) is 10.5. The van der Waals surface area contributed by atoms with Crippen molar-refractivity contribution in [1.29, 1.82) is 0 Å². The van der Waals surface area contributed by atoms with E-state index in [2.05, 4.69) is 22.2 Å². The molecule has 1 aromatic rings. The number of ether oxygens (including phenoxy) is 2. The van der Waals surface area contributed by atoms with Gasteiger partial charge in [-0.1, -0.05) is 13.3 Å². The van der Waals surface area contributed by atoms with Crippen molar-refractivity contribution in [2.45, 2.75) is 65.2 Å². The highest BCUT2D eigenvalue weighted by Crippen LogP contribution is 2.22. The van der Waals surface area contributed by atoms with Crippen molar-refractivity contribution in [3.63, 3.8) is 0 Å². The number of anilines is 1. The van der Waals surface area contributed by atoms with Crippen LogP contribution in [0.5, 0.6) is 0 Å². The average Bonchev–Trinajstić information content (AvgIpc) is 2.51. The molecule has 26 heavy (non-hydrogen) atoms. The molecule has 1 aliphatic heterocycles. The molecule has 1 N–H and O–H groups in total. The average molecular weight is 368 g/mol. The predicted octanol–water partition coefficient (Wildman–Crippen LogP) is 2.82. The van der Waals surface area contributed by atoms with Crippen LogP contribution in [0, 0.1) is 12.9 Å². The van der Waals surface area contributed by atoms with Gasteiger partial charge in [0.15, 0.2) is 0 Å². The van der Waals surface area contributed by atoms with Crippen molar-refractivity contribution in [3.8, 4) is 0 Å². The van der Waals surface area contributed by atoms with Gasteiger partial charge in [0.1, 0.15) is 5.60 Å². The molecule has 146 valence electrons. The van der Waals surface area contributed by atoms with Crippen molar-refractivity contribution < 1.29 is 18.7 Å². The first-order valence-electron chi connectivity index (χ1n) is 9.04. The van der Waals surface area contributed by atoms with Gasteiger partial charge in [0.05, 0.1) is 18.8 Å². The highest BCUT2D eigenvalue weighted by atomic mass is 19.1. The molecule has 1 fully saturated rings. The van der Waals surface area contributed by atoms with E-state index in [1.54, 1.807) is 6.92 Å². The van der Waals surface area contributed by atoms with Crippen LogP contribution < -0.4 is 10.2 Å². The maximum atomic E-state index is 13.7. The van der Waals surface area contributed by atoms with E-state index >= 15 is 0 Å². The van der Waals surface area contributed by atoms with Crippen molar-refractivity contribution in [1.82, 2.24) is 15.3 Å². The second-order valence-corrected chi connectivity index (χ2v) is 7.57. The Bertz CT molecular complexity index is 601. The molecule has 2 heterocycles. The third-order valence-corrected chi connectivity index (χ3v) is 3.93. The molecule has 8 heteroatoms. The van der Waals surface area contributed by atoms with Gasteiger partial charge in [-0.05, 0) is 34.1 Å². The summed E-state index contributed by atoms with van der Waals surface area (Å²) in [4.78, 5) is 22.1. The van der Waals surface area contributed by atoms with Crippen LogP contribution in [-0.2, 0) is 9.47 Å². The molecular weight excluding hydrogens is 339 g/mol. The summed E-state index contributed by atoms with van der Waals surface area (Å²) in [7, 11) is 0. The summed E-state index contributed by atoms with van der Waals surface area (Å²) >= 11 is 0. The molecular formula is C18H29FN4O3. The number of carbonyl (C=O) groups excluding carboxylic acids is 1. The SMILES string of the molecule is CCCC1COC(CNC(=O)OC(C)(C)C)CN1c1nc(C)cc(F)n1. The van der Waals surface area contributed by atoms with Gasteiger partial charge in [0.25, 0.3) is 0 Å². The molecule has 2 rings (SSSR count). The zero-order valence-electron chi connectivity index (χ0n) is 16.2. The third kappa shape index (κ3) is 6.09. The summed E-state index contributed by atoms with van der Waals surface area (Å²) in [6, 6.07) is 1.39. The van der Waals surface area contributed by atoms with Gasteiger partial charge in [0.2, 0.25) is 11.9 Å².